The highest BCUT2D eigenvalue weighted by molar-refractivity contribution is 5.82. The SMILES string of the molecule is CC(C)c1cnnc(Nc2ccc3ncc(-c4cn(C)nc4COc4cccnn4)cc3n2)c1. The zero-order chi connectivity index (χ0) is 23.5. The molecule has 0 saturated carbocycles. The van der Waals surface area contributed by atoms with Gasteiger partial charge in [0.05, 0.1) is 17.2 Å². The number of ether oxygens (including phenoxy) is 1. The van der Waals surface area contributed by atoms with Crippen LogP contribution in [0.1, 0.15) is 31.0 Å². The molecule has 0 aliphatic carbocycles. The summed E-state index contributed by atoms with van der Waals surface area (Å²) in [5, 5.41) is 23.8. The molecule has 0 amide bonds. The highest BCUT2D eigenvalue weighted by Crippen LogP contribution is 2.27. The molecule has 1 N–H and O–H groups in total. The molecule has 170 valence electrons. The first-order valence-corrected chi connectivity index (χ1v) is 10.8. The molecule has 5 rings (SSSR count). The Balaban J connectivity index is 1.42. The van der Waals surface area contributed by atoms with Gasteiger partial charge in [0.25, 0.3) is 0 Å². The summed E-state index contributed by atoms with van der Waals surface area (Å²) < 4.78 is 7.51. The van der Waals surface area contributed by atoms with Crippen molar-refractivity contribution in [3.05, 3.63) is 72.4 Å². The van der Waals surface area contributed by atoms with E-state index in [1.54, 1.807) is 29.2 Å². The fraction of sp³-hybridized carbons (Fsp3) is 0.208. The van der Waals surface area contributed by atoms with E-state index in [4.69, 9.17) is 9.72 Å². The highest BCUT2D eigenvalue weighted by atomic mass is 16.5. The van der Waals surface area contributed by atoms with Crippen molar-refractivity contribution in [1.29, 1.82) is 0 Å². The molecule has 0 atom stereocenters. The van der Waals surface area contributed by atoms with Gasteiger partial charge >= 0.3 is 0 Å². The normalized spacial score (nSPS) is 11.2. The van der Waals surface area contributed by atoms with Crippen LogP contribution >= 0.6 is 0 Å². The van der Waals surface area contributed by atoms with Crippen LogP contribution in [-0.4, -0.2) is 40.1 Å². The Labute approximate surface area is 196 Å². The molecule has 0 aliphatic heterocycles. The van der Waals surface area contributed by atoms with Gasteiger partial charge in [0.15, 0.2) is 5.82 Å². The van der Waals surface area contributed by atoms with E-state index in [1.165, 1.54) is 0 Å². The van der Waals surface area contributed by atoms with Crippen LogP contribution in [-0.2, 0) is 13.7 Å². The molecule has 0 unspecified atom stereocenters. The zero-order valence-corrected chi connectivity index (χ0v) is 19.0. The van der Waals surface area contributed by atoms with Gasteiger partial charge in [0.2, 0.25) is 5.88 Å². The van der Waals surface area contributed by atoms with E-state index in [2.05, 4.69) is 49.6 Å². The van der Waals surface area contributed by atoms with E-state index in [-0.39, 0.29) is 6.61 Å². The number of hydrogen-bond donors (Lipinski definition) is 1. The summed E-state index contributed by atoms with van der Waals surface area (Å²) in [7, 11) is 1.87. The summed E-state index contributed by atoms with van der Waals surface area (Å²) in [6.07, 6.45) is 7.13. The molecule has 5 aromatic heterocycles. The number of nitrogens with one attached hydrogen (secondary N) is 1. The Hall–Kier alpha value is -4.47. The van der Waals surface area contributed by atoms with Crippen molar-refractivity contribution in [3.8, 4) is 17.0 Å². The minimum atomic E-state index is 0.257. The van der Waals surface area contributed by atoms with Gasteiger partial charge in [-0.15, -0.1) is 10.2 Å². The Morgan fingerprint density at radius 3 is 2.74 bits per heavy atom. The number of hydrogen-bond acceptors (Lipinski definition) is 9. The first-order chi connectivity index (χ1) is 16.5. The fourth-order valence-electron chi connectivity index (χ4n) is 3.50. The quantitative estimate of drug-likeness (QED) is 0.389. The molecular weight excluding hydrogens is 430 g/mol. The maximum Gasteiger partial charge on any atom is 0.233 e. The van der Waals surface area contributed by atoms with Crippen LogP contribution in [0.15, 0.2) is 61.2 Å². The average molecular weight is 454 g/mol. The molecule has 34 heavy (non-hydrogen) atoms. The molecule has 0 radical (unpaired) electrons. The smallest absolute Gasteiger partial charge is 0.233 e. The first kappa shape index (κ1) is 21.4. The third-order valence-electron chi connectivity index (χ3n) is 5.26. The second kappa shape index (κ2) is 9.18. The Bertz CT molecular complexity index is 1430. The lowest BCUT2D eigenvalue weighted by atomic mass is 10.1. The predicted molar refractivity (Wildman–Crippen MR) is 128 cm³/mol. The summed E-state index contributed by atoms with van der Waals surface area (Å²) in [4.78, 5) is 9.34. The van der Waals surface area contributed by atoms with Crippen molar-refractivity contribution in [3.63, 3.8) is 0 Å². The second-order valence-electron chi connectivity index (χ2n) is 8.13. The minimum Gasteiger partial charge on any atom is -0.470 e. The highest BCUT2D eigenvalue weighted by Gasteiger charge is 2.13. The van der Waals surface area contributed by atoms with Crippen LogP contribution < -0.4 is 10.1 Å². The Kier molecular flexibility index (Phi) is 5.77. The van der Waals surface area contributed by atoms with E-state index in [9.17, 15) is 0 Å². The molecule has 0 fully saturated rings. The number of rotatable bonds is 7. The standard InChI is InChI=1S/C24H23N9O/c1-15(2)16-10-23(30-27-12-16)29-22-7-6-19-20(28-22)9-17(11-25-19)18-13-33(3)32-21(18)14-34-24-5-4-8-26-31-24/h4-13,15H,14H2,1-3H3,(H,28,29,30). The fourth-order valence-corrected chi connectivity index (χ4v) is 3.50. The maximum absolute atomic E-state index is 5.76. The lowest BCUT2D eigenvalue weighted by molar-refractivity contribution is 0.285. The van der Waals surface area contributed by atoms with Gasteiger partial charge in [-0.05, 0) is 41.8 Å². The summed E-state index contributed by atoms with van der Waals surface area (Å²) >= 11 is 0. The van der Waals surface area contributed by atoms with Gasteiger partial charge < -0.3 is 10.1 Å². The zero-order valence-electron chi connectivity index (χ0n) is 19.0. The lowest BCUT2D eigenvalue weighted by Crippen LogP contribution is -2.01. The maximum atomic E-state index is 5.76. The lowest BCUT2D eigenvalue weighted by Gasteiger charge is -2.09. The van der Waals surface area contributed by atoms with Gasteiger partial charge in [-0.3, -0.25) is 9.67 Å². The number of nitrogens with zero attached hydrogens (tertiary/aromatic N) is 8. The molecule has 0 spiro atoms. The topological polar surface area (TPSA) is 116 Å². The van der Waals surface area contributed by atoms with Crippen LogP contribution in [0.4, 0.5) is 11.6 Å². The predicted octanol–water partition coefficient (Wildman–Crippen LogP) is 4.06. The summed E-state index contributed by atoms with van der Waals surface area (Å²) in [5.74, 6) is 2.12. The minimum absolute atomic E-state index is 0.257. The molecule has 0 saturated heterocycles. The van der Waals surface area contributed by atoms with E-state index in [0.29, 0.717) is 23.4 Å². The third kappa shape index (κ3) is 4.65. The van der Waals surface area contributed by atoms with Crippen LogP contribution in [0, 0.1) is 0 Å². The van der Waals surface area contributed by atoms with Crippen LogP contribution in [0.25, 0.3) is 22.2 Å². The number of anilines is 2. The van der Waals surface area contributed by atoms with Crippen molar-refractivity contribution in [2.45, 2.75) is 26.4 Å². The molecule has 0 aliphatic rings. The summed E-state index contributed by atoms with van der Waals surface area (Å²) in [6.45, 7) is 4.49. The van der Waals surface area contributed by atoms with Gasteiger partial charge in [0, 0.05) is 42.8 Å². The molecule has 5 aromatic rings. The Morgan fingerprint density at radius 2 is 1.91 bits per heavy atom. The van der Waals surface area contributed by atoms with Crippen LogP contribution in [0.2, 0.25) is 0 Å². The third-order valence-corrected chi connectivity index (χ3v) is 5.26. The largest absolute Gasteiger partial charge is 0.470 e. The molecular formula is C24H23N9O. The average Bonchev–Trinajstić information content (AvgIpc) is 3.23. The van der Waals surface area contributed by atoms with Crippen LogP contribution in [0.5, 0.6) is 5.88 Å². The summed E-state index contributed by atoms with van der Waals surface area (Å²) in [5.41, 5.74) is 5.22. The molecule has 5 heterocycles. The van der Waals surface area contributed by atoms with Crippen LogP contribution in [0.3, 0.4) is 0 Å². The van der Waals surface area contributed by atoms with E-state index < -0.39 is 0 Å². The molecule has 0 bridgehead atoms. The van der Waals surface area contributed by atoms with Gasteiger partial charge in [-0.1, -0.05) is 13.8 Å². The van der Waals surface area contributed by atoms with Gasteiger partial charge in [-0.25, -0.2) is 4.98 Å². The van der Waals surface area contributed by atoms with Crippen molar-refractivity contribution >= 4 is 22.7 Å². The van der Waals surface area contributed by atoms with E-state index in [1.807, 2.05) is 43.7 Å². The Morgan fingerprint density at radius 1 is 1.00 bits per heavy atom. The number of pyridine rings is 2. The molecule has 10 nitrogen and oxygen atoms in total. The van der Waals surface area contributed by atoms with Crippen molar-refractivity contribution < 1.29 is 4.74 Å². The monoisotopic (exact) mass is 453 g/mol. The summed E-state index contributed by atoms with van der Waals surface area (Å²) in [6, 6.07) is 11.3. The number of fused-ring (bicyclic) bond motifs is 1. The second-order valence-corrected chi connectivity index (χ2v) is 8.13. The van der Waals surface area contributed by atoms with Gasteiger partial charge in [0.1, 0.15) is 18.1 Å². The van der Waals surface area contributed by atoms with Crippen molar-refractivity contribution in [1.82, 2.24) is 40.1 Å². The number of aromatic nitrogens is 8. The van der Waals surface area contributed by atoms with Crippen molar-refractivity contribution in [2.75, 3.05) is 5.32 Å². The molecule has 10 heteroatoms. The van der Waals surface area contributed by atoms with Gasteiger partial charge in [-0.2, -0.15) is 15.3 Å². The van der Waals surface area contributed by atoms with E-state index in [0.717, 1.165) is 33.4 Å². The van der Waals surface area contributed by atoms with Crippen molar-refractivity contribution in [2.24, 2.45) is 7.05 Å². The molecule has 0 aromatic carbocycles. The number of aryl methyl sites for hydroxylation is 1. The first-order valence-electron chi connectivity index (χ1n) is 10.8. The van der Waals surface area contributed by atoms with E-state index >= 15 is 0 Å².